The van der Waals surface area contributed by atoms with Crippen LogP contribution in [0.1, 0.15) is 12.8 Å². The zero-order chi connectivity index (χ0) is 12.4. The highest BCUT2D eigenvalue weighted by molar-refractivity contribution is 5.80. The van der Waals surface area contributed by atoms with Crippen molar-refractivity contribution in [2.45, 2.75) is 12.8 Å². The first-order valence-corrected chi connectivity index (χ1v) is 6.05. The maximum Gasteiger partial charge on any atom is 0.225 e. The number of rotatable bonds is 2. The molecule has 0 radical (unpaired) electrons. The summed E-state index contributed by atoms with van der Waals surface area (Å²) in [5.74, 6) is 1.04. The first kappa shape index (κ1) is 11.0. The molecule has 3 heterocycles. The monoisotopic (exact) mass is 242 g/mol. The van der Waals surface area contributed by atoms with E-state index in [1.165, 1.54) is 0 Å². The smallest absolute Gasteiger partial charge is 0.225 e. The van der Waals surface area contributed by atoms with Crippen molar-refractivity contribution < 1.29 is 4.79 Å². The number of carbonyl (C=O) groups excluding carboxylic acids is 1. The molecule has 1 N–H and O–H groups in total. The number of aromatic amines is 1. The normalized spacial score (nSPS) is 16.0. The minimum atomic E-state index is 0.329. The van der Waals surface area contributed by atoms with Gasteiger partial charge in [0, 0.05) is 61.8 Å². The van der Waals surface area contributed by atoms with Crippen LogP contribution in [0.2, 0.25) is 0 Å². The lowest BCUT2D eigenvalue weighted by Crippen LogP contribution is -2.34. The Balaban J connectivity index is 1.77. The molecule has 1 aliphatic heterocycles. The molecule has 0 spiro atoms. The van der Waals surface area contributed by atoms with Gasteiger partial charge in [-0.15, -0.1) is 0 Å². The van der Waals surface area contributed by atoms with E-state index in [1.54, 1.807) is 0 Å². The van der Waals surface area contributed by atoms with Crippen molar-refractivity contribution in [3.05, 3.63) is 30.9 Å². The molecular formula is C13H14N4O. The van der Waals surface area contributed by atoms with E-state index in [4.69, 9.17) is 0 Å². The molecule has 1 saturated heterocycles. The predicted octanol–water partition coefficient (Wildman–Crippen LogP) is 1.64. The second-order valence-corrected chi connectivity index (χ2v) is 4.40. The fourth-order valence-electron chi connectivity index (χ4n) is 2.09. The van der Waals surface area contributed by atoms with E-state index in [2.05, 4.69) is 19.9 Å². The SMILES string of the molecule is O=C1CCN(c2ncc(-c3cc[nH]c3)cn2)CC1. The van der Waals surface area contributed by atoms with Gasteiger partial charge in [0.15, 0.2) is 0 Å². The number of nitrogens with zero attached hydrogens (tertiary/aromatic N) is 3. The molecule has 0 bridgehead atoms. The molecule has 18 heavy (non-hydrogen) atoms. The van der Waals surface area contributed by atoms with Crippen molar-refractivity contribution in [3.63, 3.8) is 0 Å². The van der Waals surface area contributed by atoms with Gasteiger partial charge in [-0.25, -0.2) is 9.97 Å². The molecule has 0 saturated carbocycles. The largest absolute Gasteiger partial charge is 0.367 e. The Bertz CT molecular complexity index is 523. The highest BCUT2D eigenvalue weighted by atomic mass is 16.1. The second-order valence-electron chi connectivity index (χ2n) is 4.40. The summed E-state index contributed by atoms with van der Waals surface area (Å²) in [4.78, 5) is 25.0. The molecule has 0 atom stereocenters. The molecule has 1 aliphatic rings. The van der Waals surface area contributed by atoms with Gasteiger partial charge in [0.25, 0.3) is 0 Å². The molecule has 0 amide bonds. The summed E-state index contributed by atoms with van der Waals surface area (Å²) in [6.07, 6.45) is 8.63. The summed E-state index contributed by atoms with van der Waals surface area (Å²) in [6, 6.07) is 1.98. The molecule has 5 heteroatoms. The summed E-state index contributed by atoms with van der Waals surface area (Å²) < 4.78 is 0. The topological polar surface area (TPSA) is 61.9 Å². The van der Waals surface area contributed by atoms with Gasteiger partial charge in [-0.3, -0.25) is 4.79 Å². The van der Waals surface area contributed by atoms with Crippen LogP contribution < -0.4 is 4.90 Å². The first-order chi connectivity index (χ1) is 8.83. The number of piperidine rings is 1. The zero-order valence-corrected chi connectivity index (χ0v) is 9.97. The number of hydrogen-bond donors (Lipinski definition) is 1. The van der Waals surface area contributed by atoms with Crippen LogP contribution in [0.15, 0.2) is 30.9 Å². The van der Waals surface area contributed by atoms with Gasteiger partial charge in [0.2, 0.25) is 5.95 Å². The van der Waals surface area contributed by atoms with Gasteiger partial charge in [-0.05, 0) is 6.07 Å². The van der Waals surface area contributed by atoms with Crippen LogP contribution in [0, 0.1) is 0 Å². The van der Waals surface area contributed by atoms with Crippen molar-refractivity contribution in [2.75, 3.05) is 18.0 Å². The molecule has 5 nitrogen and oxygen atoms in total. The van der Waals surface area contributed by atoms with Crippen molar-refractivity contribution in [1.82, 2.24) is 15.0 Å². The van der Waals surface area contributed by atoms with Crippen molar-refractivity contribution in [1.29, 1.82) is 0 Å². The van der Waals surface area contributed by atoms with Gasteiger partial charge < -0.3 is 9.88 Å². The van der Waals surface area contributed by atoms with Crippen LogP contribution in [0.4, 0.5) is 5.95 Å². The van der Waals surface area contributed by atoms with E-state index < -0.39 is 0 Å². The fraction of sp³-hybridized carbons (Fsp3) is 0.308. The van der Waals surface area contributed by atoms with Gasteiger partial charge in [-0.2, -0.15) is 0 Å². The zero-order valence-electron chi connectivity index (χ0n) is 9.97. The number of ketones is 1. The highest BCUT2D eigenvalue weighted by Crippen LogP contribution is 2.19. The molecule has 2 aromatic rings. The summed E-state index contributed by atoms with van der Waals surface area (Å²) in [5, 5.41) is 0. The van der Waals surface area contributed by atoms with Crippen LogP contribution >= 0.6 is 0 Å². The van der Waals surface area contributed by atoms with E-state index in [0.29, 0.717) is 24.6 Å². The molecular weight excluding hydrogens is 228 g/mol. The average molecular weight is 242 g/mol. The maximum absolute atomic E-state index is 11.2. The number of aromatic nitrogens is 3. The lowest BCUT2D eigenvalue weighted by atomic mass is 10.1. The highest BCUT2D eigenvalue weighted by Gasteiger charge is 2.18. The summed E-state index contributed by atoms with van der Waals surface area (Å²) >= 11 is 0. The molecule has 0 aliphatic carbocycles. The lowest BCUT2D eigenvalue weighted by Gasteiger charge is -2.25. The Morgan fingerprint density at radius 3 is 2.44 bits per heavy atom. The van der Waals surface area contributed by atoms with Gasteiger partial charge >= 0.3 is 0 Å². The summed E-state index contributed by atoms with van der Waals surface area (Å²) in [6.45, 7) is 1.45. The van der Waals surface area contributed by atoms with E-state index in [1.807, 2.05) is 30.9 Å². The van der Waals surface area contributed by atoms with Gasteiger partial charge in [0.1, 0.15) is 5.78 Å². The number of carbonyl (C=O) groups is 1. The molecule has 1 fully saturated rings. The first-order valence-electron chi connectivity index (χ1n) is 6.05. The van der Waals surface area contributed by atoms with Crippen LogP contribution in [0.5, 0.6) is 0 Å². The second kappa shape index (κ2) is 4.60. The standard InChI is InChI=1S/C13H14N4O/c18-12-2-5-17(6-3-12)13-15-8-11(9-16-13)10-1-4-14-7-10/h1,4,7-9,14H,2-3,5-6H2. The Hall–Kier alpha value is -2.17. The molecule has 0 unspecified atom stereocenters. The number of hydrogen-bond acceptors (Lipinski definition) is 4. The third-order valence-corrected chi connectivity index (χ3v) is 3.17. The van der Waals surface area contributed by atoms with Crippen LogP contribution in [-0.2, 0) is 4.79 Å². The van der Waals surface area contributed by atoms with E-state index >= 15 is 0 Å². The van der Waals surface area contributed by atoms with Crippen LogP contribution in [0.25, 0.3) is 11.1 Å². The molecule has 3 rings (SSSR count). The number of H-pyrrole nitrogens is 1. The Kier molecular flexibility index (Phi) is 2.80. The third-order valence-electron chi connectivity index (χ3n) is 3.17. The van der Waals surface area contributed by atoms with E-state index in [0.717, 1.165) is 24.2 Å². The summed E-state index contributed by atoms with van der Waals surface area (Å²) in [7, 11) is 0. The quantitative estimate of drug-likeness (QED) is 0.869. The Labute approximate surface area is 105 Å². The van der Waals surface area contributed by atoms with Gasteiger partial charge in [-0.1, -0.05) is 0 Å². The third kappa shape index (κ3) is 2.11. The lowest BCUT2D eigenvalue weighted by molar-refractivity contribution is -0.119. The Morgan fingerprint density at radius 2 is 1.83 bits per heavy atom. The van der Waals surface area contributed by atoms with Crippen molar-refractivity contribution in [3.8, 4) is 11.1 Å². The summed E-state index contributed by atoms with van der Waals surface area (Å²) in [5.41, 5.74) is 2.07. The van der Waals surface area contributed by atoms with Crippen LogP contribution in [-0.4, -0.2) is 33.8 Å². The van der Waals surface area contributed by atoms with Crippen LogP contribution in [0.3, 0.4) is 0 Å². The van der Waals surface area contributed by atoms with E-state index in [-0.39, 0.29) is 0 Å². The minimum absolute atomic E-state index is 0.329. The fourth-order valence-corrected chi connectivity index (χ4v) is 2.09. The Morgan fingerprint density at radius 1 is 1.11 bits per heavy atom. The average Bonchev–Trinajstić information content (AvgIpc) is 2.94. The van der Waals surface area contributed by atoms with E-state index in [9.17, 15) is 4.79 Å². The van der Waals surface area contributed by atoms with Crippen molar-refractivity contribution >= 4 is 11.7 Å². The molecule has 92 valence electrons. The minimum Gasteiger partial charge on any atom is -0.367 e. The van der Waals surface area contributed by atoms with Crippen molar-refractivity contribution in [2.24, 2.45) is 0 Å². The number of nitrogens with one attached hydrogen (secondary N) is 1. The number of anilines is 1. The number of Topliss-reactive ketones (excluding diaryl/α,β-unsaturated/α-hetero) is 1. The molecule has 2 aromatic heterocycles. The predicted molar refractivity (Wildman–Crippen MR) is 68.3 cm³/mol. The maximum atomic E-state index is 11.2. The van der Waals surface area contributed by atoms with Gasteiger partial charge in [0.05, 0.1) is 0 Å². The molecule has 0 aromatic carbocycles.